The zero-order valence-corrected chi connectivity index (χ0v) is 11.5. The molecule has 0 saturated carbocycles. The Morgan fingerprint density at radius 3 is 2.58 bits per heavy atom. The van der Waals surface area contributed by atoms with Crippen molar-refractivity contribution >= 4 is 11.6 Å². The molecule has 1 heteroatoms. The van der Waals surface area contributed by atoms with Gasteiger partial charge in [0, 0.05) is 0 Å². The molecule has 0 heterocycles. The highest BCUT2D eigenvalue weighted by Gasteiger charge is 1.97. The van der Waals surface area contributed by atoms with Crippen LogP contribution in [0.4, 0.5) is 0 Å². The summed E-state index contributed by atoms with van der Waals surface area (Å²) in [5.41, 5.74) is 10.7. The molecule has 0 radical (unpaired) electrons. The van der Waals surface area contributed by atoms with Crippen LogP contribution in [0.1, 0.15) is 30.0 Å². The predicted octanol–water partition coefficient (Wildman–Crippen LogP) is 4.14. The highest BCUT2D eigenvalue weighted by molar-refractivity contribution is 5.80. The zero-order valence-electron chi connectivity index (χ0n) is 11.5. The van der Waals surface area contributed by atoms with E-state index in [1.807, 2.05) is 6.07 Å². The summed E-state index contributed by atoms with van der Waals surface area (Å²) in [4.78, 5) is 0. The Balaban J connectivity index is 2.18. The van der Waals surface area contributed by atoms with Gasteiger partial charge in [-0.15, -0.1) is 0 Å². The van der Waals surface area contributed by atoms with Crippen LogP contribution in [0.25, 0.3) is 11.6 Å². The molecule has 2 aromatic carbocycles. The summed E-state index contributed by atoms with van der Waals surface area (Å²) in [6.07, 6.45) is 4.34. The summed E-state index contributed by atoms with van der Waals surface area (Å²) in [7, 11) is 0. The van der Waals surface area contributed by atoms with Gasteiger partial charge in [0.2, 0.25) is 0 Å². The van der Waals surface area contributed by atoms with Gasteiger partial charge in [0.15, 0.2) is 0 Å². The molecule has 0 bridgehead atoms. The van der Waals surface area contributed by atoms with Crippen molar-refractivity contribution in [2.45, 2.75) is 19.8 Å². The zero-order chi connectivity index (χ0) is 13.5. The van der Waals surface area contributed by atoms with E-state index in [4.69, 9.17) is 5.73 Å². The standard InChI is InChI=1S/C18H21N/c1-15(18-10-3-2-4-11-18)13-17-8-5-7-16(14-17)9-6-12-19/h2-5,7-8,10-11,13-14H,6,9,12,19H2,1H3/b15-13-. The lowest BCUT2D eigenvalue weighted by molar-refractivity contribution is 0.832. The molecular weight excluding hydrogens is 230 g/mol. The van der Waals surface area contributed by atoms with Crippen molar-refractivity contribution in [2.24, 2.45) is 5.73 Å². The van der Waals surface area contributed by atoms with Gasteiger partial charge in [-0.05, 0) is 48.6 Å². The molecule has 19 heavy (non-hydrogen) atoms. The van der Waals surface area contributed by atoms with E-state index in [-0.39, 0.29) is 0 Å². The molecule has 1 nitrogen and oxygen atoms in total. The van der Waals surface area contributed by atoms with Crippen molar-refractivity contribution in [1.29, 1.82) is 0 Å². The minimum absolute atomic E-state index is 0.753. The fraction of sp³-hybridized carbons (Fsp3) is 0.222. The lowest BCUT2D eigenvalue weighted by Crippen LogP contribution is -2.00. The van der Waals surface area contributed by atoms with E-state index in [9.17, 15) is 0 Å². The highest BCUT2D eigenvalue weighted by atomic mass is 14.5. The Morgan fingerprint density at radius 2 is 1.84 bits per heavy atom. The van der Waals surface area contributed by atoms with Crippen molar-refractivity contribution in [3.05, 3.63) is 71.3 Å². The summed E-state index contributed by atoms with van der Waals surface area (Å²) in [5.74, 6) is 0. The predicted molar refractivity (Wildman–Crippen MR) is 83.8 cm³/mol. The van der Waals surface area contributed by atoms with E-state index in [1.165, 1.54) is 22.3 Å². The van der Waals surface area contributed by atoms with Gasteiger partial charge in [0.25, 0.3) is 0 Å². The summed E-state index contributed by atoms with van der Waals surface area (Å²) in [6, 6.07) is 19.2. The van der Waals surface area contributed by atoms with Crippen LogP contribution >= 0.6 is 0 Å². The number of hydrogen-bond donors (Lipinski definition) is 1. The fourth-order valence-corrected chi connectivity index (χ4v) is 2.18. The Labute approximate surface area is 115 Å². The lowest BCUT2D eigenvalue weighted by Gasteiger charge is -2.04. The molecule has 2 rings (SSSR count). The molecule has 0 saturated heterocycles. The molecule has 0 spiro atoms. The van der Waals surface area contributed by atoms with Gasteiger partial charge < -0.3 is 5.73 Å². The van der Waals surface area contributed by atoms with Gasteiger partial charge >= 0.3 is 0 Å². The van der Waals surface area contributed by atoms with E-state index in [0.717, 1.165) is 19.4 Å². The summed E-state index contributed by atoms with van der Waals surface area (Å²) in [6.45, 7) is 2.91. The number of allylic oxidation sites excluding steroid dienone is 1. The molecule has 0 aliphatic rings. The average Bonchev–Trinajstić information content (AvgIpc) is 2.46. The maximum absolute atomic E-state index is 5.56. The normalized spacial score (nSPS) is 11.6. The Morgan fingerprint density at radius 1 is 1.05 bits per heavy atom. The van der Waals surface area contributed by atoms with E-state index >= 15 is 0 Å². The first-order valence-electron chi connectivity index (χ1n) is 6.82. The van der Waals surface area contributed by atoms with E-state index in [1.54, 1.807) is 0 Å². The van der Waals surface area contributed by atoms with Crippen LogP contribution in [0.5, 0.6) is 0 Å². The third kappa shape index (κ3) is 4.08. The molecule has 0 aliphatic heterocycles. The Kier molecular flexibility index (Phi) is 4.93. The quantitative estimate of drug-likeness (QED) is 0.794. The first-order valence-corrected chi connectivity index (χ1v) is 6.82. The molecule has 0 aromatic heterocycles. The second-order valence-electron chi connectivity index (χ2n) is 4.83. The average molecular weight is 251 g/mol. The molecular formula is C18H21N. The SMILES string of the molecule is C/C(=C/c1cccc(CCCN)c1)c1ccccc1. The van der Waals surface area contributed by atoms with Crippen LogP contribution in [-0.4, -0.2) is 6.54 Å². The minimum Gasteiger partial charge on any atom is -0.330 e. The maximum atomic E-state index is 5.56. The van der Waals surface area contributed by atoms with E-state index in [0.29, 0.717) is 0 Å². The first-order chi connectivity index (χ1) is 9.29. The van der Waals surface area contributed by atoms with E-state index < -0.39 is 0 Å². The number of rotatable bonds is 5. The van der Waals surface area contributed by atoms with Gasteiger partial charge in [0.1, 0.15) is 0 Å². The third-order valence-corrected chi connectivity index (χ3v) is 3.23. The van der Waals surface area contributed by atoms with Gasteiger partial charge in [-0.1, -0.05) is 60.7 Å². The topological polar surface area (TPSA) is 26.0 Å². The molecule has 0 unspecified atom stereocenters. The van der Waals surface area contributed by atoms with Crippen molar-refractivity contribution in [3.8, 4) is 0 Å². The third-order valence-electron chi connectivity index (χ3n) is 3.23. The Bertz CT molecular complexity index is 541. The van der Waals surface area contributed by atoms with Crippen LogP contribution in [0.15, 0.2) is 54.6 Å². The molecule has 0 amide bonds. The number of aryl methyl sites for hydroxylation is 1. The molecule has 0 aliphatic carbocycles. The van der Waals surface area contributed by atoms with Crippen molar-refractivity contribution in [1.82, 2.24) is 0 Å². The van der Waals surface area contributed by atoms with Crippen LogP contribution in [-0.2, 0) is 6.42 Å². The van der Waals surface area contributed by atoms with Crippen molar-refractivity contribution in [3.63, 3.8) is 0 Å². The smallest absolute Gasteiger partial charge is 0.00741 e. The molecule has 0 atom stereocenters. The van der Waals surface area contributed by atoms with Crippen molar-refractivity contribution in [2.75, 3.05) is 6.54 Å². The second kappa shape index (κ2) is 6.91. The summed E-state index contributed by atoms with van der Waals surface area (Å²) < 4.78 is 0. The second-order valence-corrected chi connectivity index (χ2v) is 4.83. The molecule has 98 valence electrons. The molecule has 0 fully saturated rings. The summed E-state index contributed by atoms with van der Waals surface area (Å²) in [5, 5.41) is 0. The molecule has 2 N–H and O–H groups in total. The summed E-state index contributed by atoms with van der Waals surface area (Å²) >= 11 is 0. The largest absolute Gasteiger partial charge is 0.330 e. The van der Waals surface area contributed by atoms with Crippen LogP contribution < -0.4 is 5.73 Å². The maximum Gasteiger partial charge on any atom is -0.00741 e. The number of hydrogen-bond acceptors (Lipinski definition) is 1. The van der Waals surface area contributed by atoms with Crippen LogP contribution in [0.3, 0.4) is 0 Å². The van der Waals surface area contributed by atoms with Gasteiger partial charge in [-0.2, -0.15) is 0 Å². The van der Waals surface area contributed by atoms with Gasteiger partial charge in [-0.25, -0.2) is 0 Å². The highest BCUT2D eigenvalue weighted by Crippen LogP contribution is 2.18. The van der Waals surface area contributed by atoms with Crippen LogP contribution in [0, 0.1) is 0 Å². The number of nitrogens with two attached hydrogens (primary N) is 1. The monoisotopic (exact) mass is 251 g/mol. The first kappa shape index (κ1) is 13.6. The van der Waals surface area contributed by atoms with Gasteiger partial charge in [0.05, 0.1) is 0 Å². The van der Waals surface area contributed by atoms with Crippen molar-refractivity contribution < 1.29 is 0 Å². The van der Waals surface area contributed by atoms with E-state index in [2.05, 4.69) is 61.5 Å². The number of benzene rings is 2. The Hall–Kier alpha value is -1.86. The van der Waals surface area contributed by atoms with Gasteiger partial charge in [-0.3, -0.25) is 0 Å². The molecule has 2 aromatic rings. The fourth-order valence-electron chi connectivity index (χ4n) is 2.18. The lowest BCUT2D eigenvalue weighted by atomic mass is 10.0. The van der Waals surface area contributed by atoms with Crippen LogP contribution in [0.2, 0.25) is 0 Å². The minimum atomic E-state index is 0.753.